The number of rotatable bonds is 9. The Morgan fingerprint density at radius 1 is 1.29 bits per heavy atom. The smallest absolute Gasteiger partial charge is 0.323 e. The zero-order valence-electron chi connectivity index (χ0n) is 12.6. The van der Waals surface area contributed by atoms with Crippen molar-refractivity contribution in [3.8, 4) is 0 Å². The number of nitrogens with zero attached hydrogens (tertiary/aromatic N) is 1. The molecule has 0 radical (unpaired) electrons. The summed E-state index contributed by atoms with van der Waals surface area (Å²) in [5, 5.41) is 8.74. The molecule has 5 nitrogen and oxygen atoms in total. The Hall–Kier alpha value is -1.88. The number of carboxylic acid groups (broad SMARTS) is 1. The van der Waals surface area contributed by atoms with Crippen molar-refractivity contribution in [3.63, 3.8) is 0 Å². The number of aliphatic carboxylic acids is 1. The van der Waals surface area contributed by atoms with E-state index < -0.39 is 5.97 Å². The molecule has 1 N–H and O–H groups in total. The second-order valence-corrected chi connectivity index (χ2v) is 4.88. The Morgan fingerprint density at radius 3 is 2.52 bits per heavy atom. The normalized spacial score (nSPS) is 12.1. The summed E-state index contributed by atoms with van der Waals surface area (Å²) in [4.78, 5) is 24.5. The molecule has 5 heteroatoms. The first kappa shape index (κ1) is 17.2. The van der Waals surface area contributed by atoms with Crippen molar-refractivity contribution < 1.29 is 19.4 Å². The van der Waals surface area contributed by atoms with Crippen LogP contribution in [0.4, 0.5) is 0 Å². The van der Waals surface area contributed by atoms with Gasteiger partial charge in [-0.25, -0.2) is 0 Å². The van der Waals surface area contributed by atoms with E-state index in [4.69, 9.17) is 9.84 Å². The fourth-order valence-corrected chi connectivity index (χ4v) is 2.07. The lowest BCUT2D eigenvalue weighted by molar-refractivity contribution is -0.149. The van der Waals surface area contributed by atoms with Crippen LogP contribution >= 0.6 is 0 Å². The second-order valence-electron chi connectivity index (χ2n) is 4.88. The third kappa shape index (κ3) is 6.40. The van der Waals surface area contributed by atoms with Crippen molar-refractivity contribution in [2.75, 3.05) is 13.2 Å². The number of esters is 1. The minimum absolute atomic E-state index is 0.0981. The monoisotopic (exact) mass is 293 g/mol. The van der Waals surface area contributed by atoms with Crippen LogP contribution in [-0.2, 0) is 20.9 Å². The Labute approximate surface area is 125 Å². The Kier molecular flexibility index (Phi) is 7.46. The summed E-state index contributed by atoms with van der Waals surface area (Å²) in [6, 6.07) is 9.41. The highest BCUT2D eigenvalue weighted by Crippen LogP contribution is 2.11. The first-order chi connectivity index (χ1) is 10.0. The maximum absolute atomic E-state index is 11.9. The van der Waals surface area contributed by atoms with Crippen LogP contribution in [0.15, 0.2) is 30.3 Å². The number of benzene rings is 1. The summed E-state index contributed by atoms with van der Waals surface area (Å²) in [5.41, 5.74) is 1.09. The van der Waals surface area contributed by atoms with Gasteiger partial charge >= 0.3 is 11.9 Å². The van der Waals surface area contributed by atoms with Crippen molar-refractivity contribution in [3.05, 3.63) is 35.9 Å². The standard InChI is InChI=1S/C16H23NO4/c1-3-21-16(20)13(2)17(11-7-10-15(18)19)12-14-8-5-4-6-9-14/h4-6,8-9,13H,3,7,10-12H2,1-2H3,(H,18,19)/t13-/m1/s1. The second kappa shape index (κ2) is 9.13. The molecule has 0 aliphatic carbocycles. The molecule has 116 valence electrons. The van der Waals surface area contributed by atoms with Gasteiger partial charge in [-0.1, -0.05) is 30.3 Å². The van der Waals surface area contributed by atoms with E-state index in [-0.39, 0.29) is 18.4 Å². The van der Waals surface area contributed by atoms with Gasteiger partial charge in [0.05, 0.1) is 6.61 Å². The zero-order chi connectivity index (χ0) is 15.7. The molecule has 0 saturated carbocycles. The highest BCUT2D eigenvalue weighted by molar-refractivity contribution is 5.75. The molecular formula is C16H23NO4. The van der Waals surface area contributed by atoms with E-state index >= 15 is 0 Å². The molecule has 1 aromatic rings. The molecule has 0 bridgehead atoms. The summed E-state index contributed by atoms with van der Waals surface area (Å²) < 4.78 is 5.05. The van der Waals surface area contributed by atoms with Gasteiger partial charge in [-0.15, -0.1) is 0 Å². The van der Waals surface area contributed by atoms with Gasteiger partial charge in [-0.2, -0.15) is 0 Å². The lowest BCUT2D eigenvalue weighted by Crippen LogP contribution is -2.40. The summed E-state index contributed by atoms with van der Waals surface area (Å²) in [7, 11) is 0. The Morgan fingerprint density at radius 2 is 1.95 bits per heavy atom. The van der Waals surface area contributed by atoms with E-state index in [1.165, 1.54) is 0 Å². The fourth-order valence-electron chi connectivity index (χ4n) is 2.07. The molecular weight excluding hydrogens is 270 g/mol. The minimum Gasteiger partial charge on any atom is -0.481 e. The SMILES string of the molecule is CCOC(=O)[C@@H](C)N(CCCC(=O)O)Cc1ccccc1. The molecule has 1 atom stereocenters. The van der Waals surface area contributed by atoms with Gasteiger partial charge in [0, 0.05) is 13.0 Å². The number of carbonyl (C=O) groups excluding carboxylic acids is 1. The predicted octanol–water partition coefficient (Wildman–Crippen LogP) is 2.30. The molecule has 0 aliphatic rings. The summed E-state index contributed by atoms with van der Waals surface area (Å²) in [6.07, 6.45) is 0.604. The molecule has 1 rings (SSSR count). The lowest BCUT2D eigenvalue weighted by atomic mass is 10.1. The van der Waals surface area contributed by atoms with Crippen LogP contribution in [0.3, 0.4) is 0 Å². The van der Waals surface area contributed by atoms with Crippen LogP contribution in [0, 0.1) is 0 Å². The van der Waals surface area contributed by atoms with Crippen LogP contribution in [0.25, 0.3) is 0 Å². The summed E-state index contributed by atoms with van der Waals surface area (Å²) >= 11 is 0. The van der Waals surface area contributed by atoms with Crippen LogP contribution in [0.2, 0.25) is 0 Å². The van der Waals surface area contributed by atoms with Crippen LogP contribution in [-0.4, -0.2) is 41.1 Å². The summed E-state index contributed by atoms with van der Waals surface area (Å²) in [6.45, 7) is 5.05. The third-order valence-electron chi connectivity index (χ3n) is 3.24. The maximum atomic E-state index is 11.9. The first-order valence-corrected chi connectivity index (χ1v) is 7.21. The van der Waals surface area contributed by atoms with Gasteiger partial charge in [0.15, 0.2) is 0 Å². The molecule has 0 saturated heterocycles. The van der Waals surface area contributed by atoms with Crippen molar-refractivity contribution >= 4 is 11.9 Å². The van der Waals surface area contributed by atoms with Crippen LogP contribution in [0.5, 0.6) is 0 Å². The van der Waals surface area contributed by atoms with E-state index in [0.29, 0.717) is 26.1 Å². The van der Waals surface area contributed by atoms with E-state index in [1.807, 2.05) is 35.2 Å². The van der Waals surface area contributed by atoms with E-state index in [0.717, 1.165) is 5.56 Å². The average molecular weight is 293 g/mol. The number of hydrogen-bond donors (Lipinski definition) is 1. The highest BCUT2D eigenvalue weighted by atomic mass is 16.5. The number of carbonyl (C=O) groups is 2. The van der Waals surface area contributed by atoms with Gasteiger partial charge < -0.3 is 9.84 Å². The molecule has 0 aromatic heterocycles. The minimum atomic E-state index is -0.821. The summed E-state index contributed by atoms with van der Waals surface area (Å²) in [5.74, 6) is -1.10. The van der Waals surface area contributed by atoms with Crippen molar-refractivity contribution in [2.24, 2.45) is 0 Å². The zero-order valence-corrected chi connectivity index (χ0v) is 12.6. The molecule has 0 amide bonds. The van der Waals surface area contributed by atoms with Gasteiger partial charge in [0.25, 0.3) is 0 Å². The van der Waals surface area contributed by atoms with Crippen molar-refractivity contribution in [1.82, 2.24) is 4.90 Å². The van der Waals surface area contributed by atoms with E-state index in [2.05, 4.69) is 0 Å². The topological polar surface area (TPSA) is 66.8 Å². The average Bonchev–Trinajstić information content (AvgIpc) is 2.46. The molecule has 0 fully saturated rings. The van der Waals surface area contributed by atoms with Gasteiger partial charge in [-0.05, 0) is 32.4 Å². The molecule has 0 unspecified atom stereocenters. The molecule has 21 heavy (non-hydrogen) atoms. The molecule has 0 heterocycles. The first-order valence-electron chi connectivity index (χ1n) is 7.21. The van der Waals surface area contributed by atoms with Crippen molar-refractivity contribution in [2.45, 2.75) is 39.3 Å². The lowest BCUT2D eigenvalue weighted by Gasteiger charge is -2.27. The molecule has 0 spiro atoms. The third-order valence-corrected chi connectivity index (χ3v) is 3.24. The van der Waals surface area contributed by atoms with E-state index in [1.54, 1.807) is 13.8 Å². The van der Waals surface area contributed by atoms with E-state index in [9.17, 15) is 9.59 Å². The van der Waals surface area contributed by atoms with Gasteiger partial charge in [0.2, 0.25) is 0 Å². The number of ether oxygens (including phenoxy) is 1. The highest BCUT2D eigenvalue weighted by Gasteiger charge is 2.22. The fraction of sp³-hybridized carbons (Fsp3) is 0.500. The van der Waals surface area contributed by atoms with Crippen molar-refractivity contribution in [1.29, 1.82) is 0 Å². The Balaban J connectivity index is 2.68. The maximum Gasteiger partial charge on any atom is 0.323 e. The van der Waals surface area contributed by atoms with Crippen LogP contribution in [0.1, 0.15) is 32.3 Å². The largest absolute Gasteiger partial charge is 0.481 e. The quantitative estimate of drug-likeness (QED) is 0.708. The molecule has 0 aliphatic heterocycles. The van der Waals surface area contributed by atoms with Gasteiger partial charge in [-0.3, -0.25) is 14.5 Å². The van der Waals surface area contributed by atoms with Crippen LogP contribution < -0.4 is 0 Å². The van der Waals surface area contributed by atoms with Gasteiger partial charge in [0.1, 0.15) is 6.04 Å². The molecule has 1 aromatic carbocycles. The number of hydrogen-bond acceptors (Lipinski definition) is 4. The predicted molar refractivity (Wildman–Crippen MR) is 79.8 cm³/mol. The Bertz CT molecular complexity index is 447. The number of carboxylic acids is 1.